The maximum atomic E-state index is 5.86. The second-order valence-electron chi connectivity index (χ2n) is 3.16. The van der Waals surface area contributed by atoms with E-state index in [-0.39, 0.29) is 0 Å². The minimum absolute atomic E-state index is 0.423. The first-order valence-electron chi connectivity index (χ1n) is 4.33. The summed E-state index contributed by atoms with van der Waals surface area (Å²) < 4.78 is 0. The van der Waals surface area contributed by atoms with Gasteiger partial charge in [-0.05, 0) is 25.8 Å². The lowest BCUT2D eigenvalue weighted by Gasteiger charge is -2.15. The normalized spacial score (nSPS) is 33.0. The predicted octanol–water partition coefficient (Wildman–Crippen LogP) is 0.866. The second kappa shape index (κ2) is 3.94. The molecule has 0 aromatic rings. The highest BCUT2D eigenvalue weighted by atomic mass is 15.0. The highest BCUT2D eigenvalue weighted by Crippen LogP contribution is 2.16. The zero-order chi connectivity index (χ0) is 7.40. The van der Waals surface area contributed by atoms with E-state index in [0.717, 1.165) is 6.54 Å². The van der Waals surface area contributed by atoms with Crippen LogP contribution in [-0.2, 0) is 0 Å². The van der Waals surface area contributed by atoms with Crippen LogP contribution in [0.3, 0.4) is 0 Å². The topological polar surface area (TPSA) is 38.0 Å². The highest BCUT2D eigenvalue weighted by molar-refractivity contribution is 4.85. The Balaban J connectivity index is 2.14. The van der Waals surface area contributed by atoms with Crippen molar-refractivity contribution < 1.29 is 0 Å². The molecule has 3 N–H and O–H groups in total. The van der Waals surface area contributed by atoms with E-state index in [1.807, 2.05) is 0 Å². The average molecular weight is 142 g/mol. The van der Waals surface area contributed by atoms with Gasteiger partial charge in [-0.1, -0.05) is 13.3 Å². The highest BCUT2D eigenvalue weighted by Gasteiger charge is 2.22. The number of hydrogen-bond acceptors (Lipinski definition) is 2. The fraction of sp³-hybridized carbons (Fsp3) is 1.00. The lowest BCUT2D eigenvalue weighted by molar-refractivity contribution is 0.476. The fourth-order valence-electron chi connectivity index (χ4n) is 1.57. The van der Waals surface area contributed by atoms with Crippen molar-refractivity contribution in [3.05, 3.63) is 0 Å². The molecule has 0 amide bonds. The molecule has 10 heavy (non-hydrogen) atoms. The SMILES string of the molecule is CCCN[C@H]1CCC[C@@H]1N. The first-order chi connectivity index (χ1) is 4.84. The van der Waals surface area contributed by atoms with Crippen LogP contribution in [0.25, 0.3) is 0 Å². The van der Waals surface area contributed by atoms with Crippen LogP contribution in [-0.4, -0.2) is 18.6 Å². The molecule has 0 unspecified atom stereocenters. The van der Waals surface area contributed by atoms with E-state index in [2.05, 4.69) is 12.2 Å². The van der Waals surface area contributed by atoms with Crippen LogP contribution in [0.5, 0.6) is 0 Å². The first kappa shape index (κ1) is 8.02. The van der Waals surface area contributed by atoms with Gasteiger partial charge in [0, 0.05) is 12.1 Å². The molecule has 0 saturated heterocycles. The lowest BCUT2D eigenvalue weighted by Crippen LogP contribution is -2.41. The molecule has 0 aromatic carbocycles. The van der Waals surface area contributed by atoms with Crippen molar-refractivity contribution in [2.45, 2.75) is 44.7 Å². The molecule has 0 bridgehead atoms. The van der Waals surface area contributed by atoms with E-state index in [0.29, 0.717) is 12.1 Å². The molecule has 0 radical (unpaired) electrons. The standard InChI is InChI=1S/C8H18N2/c1-2-6-10-8-5-3-4-7(8)9/h7-8,10H,2-6,9H2,1H3/t7-,8-/m0/s1. The molecule has 0 aromatic heterocycles. The summed E-state index contributed by atoms with van der Waals surface area (Å²) in [7, 11) is 0. The minimum atomic E-state index is 0.423. The monoisotopic (exact) mass is 142 g/mol. The molecule has 1 fully saturated rings. The summed E-state index contributed by atoms with van der Waals surface area (Å²) in [5.74, 6) is 0. The van der Waals surface area contributed by atoms with Gasteiger partial charge in [-0.2, -0.15) is 0 Å². The van der Waals surface area contributed by atoms with E-state index < -0.39 is 0 Å². The molecule has 2 heteroatoms. The van der Waals surface area contributed by atoms with E-state index in [4.69, 9.17) is 5.73 Å². The van der Waals surface area contributed by atoms with Crippen molar-refractivity contribution >= 4 is 0 Å². The largest absolute Gasteiger partial charge is 0.326 e. The lowest BCUT2D eigenvalue weighted by atomic mass is 10.2. The molecule has 1 saturated carbocycles. The summed E-state index contributed by atoms with van der Waals surface area (Å²) in [6.07, 6.45) is 5.01. The van der Waals surface area contributed by atoms with Gasteiger partial charge >= 0.3 is 0 Å². The molecule has 0 heterocycles. The van der Waals surface area contributed by atoms with Crippen LogP contribution in [0.15, 0.2) is 0 Å². The van der Waals surface area contributed by atoms with Crippen molar-refractivity contribution in [2.75, 3.05) is 6.54 Å². The fourth-order valence-corrected chi connectivity index (χ4v) is 1.57. The molecular formula is C8H18N2. The van der Waals surface area contributed by atoms with Gasteiger partial charge in [0.15, 0.2) is 0 Å². The molecule has 2 atom stereocenters. The van der Waals surface area contributed by atoms with Crippen LogP contribution in [0.4, 0.5) is 0 Å². The van der Waals surface area contributed by atoms with Crippen molar-refractivity contribution in [2.24, 2.45) is 5.73 Å². The van der Waals surface area contributed by atoms with Crippen molar-refractivity contribution in [1.29, 1.82) is 0 Å². The van der Waals surface area contributed by atoms with Crippen molar-refractivity contribution in [1.82, 2.24) is 5.32 Å². The van der Waals surface area contributed by atoms with Gasteiger partial charge in [-0.25, -0.2) is 0 Å². The Labute approximate surface area is 63.2 Å². The molecular weight excluding hydrogens is 124 g/mol. The molecule has 1 aliphatic rings. The molecule has 2 nitrogen and oxygen atoms in total. The van der Waals surface area contributed by atoms with Gasteiger partial charge in [0.1, 0.15) is 0 Å². The number of hydrogen-bond donors (Lipinski definition) is 2. The van der Waals surface area contributed by atoms with Crippen molar-refractivity contribution in [3.63, 3.8) is 0 Å². The Morgan fingerprint density at radius 3 is 2.80 bits per heavy atom. The van der Waals surface area contributed by atoms with E-state index >= 15 is 0 Å². The molecule has 60 valence electrons. The predicted molar refractivity (Wildman–Crippen MR) is 43.9 cm³/mol. The summed E-state index contributed by atoms with van der Waals surface area (Å²) in [6, 6.07) is 1.03. The van der Waals surface area contributed by atoms with Gasteiger partial charge in [0.2, 0.25) is 0 Å². The van der Waals surface area contributed by atoms with E-state index in [1.54, 1.807) is 0 Å². The zero-order valence-electron chi connectivity index (χ0n) is 6.77. The maximum absolute atomic E-state index is 5.86. The van der Waals surface area contributed by atoms with Crippen LogP contribution >= 0.6 is 0 Å². The van der Waals surface area contributed by atoms with Gasteiger partial charge in [-0.15, -0.1) is 0 Å². The van der Waals surface area contributed by atoms with Crippen LogP contribution < -0.4 is 11.1 Å². The second-order valence-corrected chi connectivity index (χ2v) is 3.16. The third kappa shape index (κ3) is 1.96. The Bertz CT molecular complexity index is 93.3. The average Bonchev–Trinajstić information content (AvgIpc) is 2.31. The summed E-state index contributed by atoms with van der Waals surface area (Å²) in [4.78, 5) is 0. The third-order valence-electron chi connectivity index (χ3n) is 2.23. The Morgan fingerprint density at radius 2 is 2.30 bits per heavy atom. The smallest absolute Gasteiger partial charge is 0.0219 e. The number of nitrogens with two attached hydrogens (primary N) is 1. The van der Waals surface area contributed by atoms with Crippen LogP contribution in [0, 0.1) is 0 Å². The van der Waals surface area contributed by atoms with Gasteiger partial charge in [-0.3, -0.25) is 0 Å². The third-order valence-corrected chi connectivity index (χ3v) is 2.23. The molecule has 0 spiro atoms. The van der Waals surface area contributed by atoms with Crippen LogP contribution in [0.2, 0.25) is 0 Å². The zero-order valence-corrected chi connectivity index (χ0v) is 6.77. The summed E-state index contributed by atoms with van der Waals surface area (Å²) in [5, 5.41) is 3.46. The summed E-state index contributed by atoms with van der Waals surface area (Å²) in [5.41, 5.74) is 5.86. The van der Waals surface area contributed by atoms with Gasteiger partial charge in [0.05, 0.1) is 0 Å². The quantitative estimate of drug-likeness (QED) is 0.613. The van der Waals surface area contributed by atoms with Gasteiger partial charge < -0.3 is 11.1 Å². The molecule has 0 aliphatic heterocycles. The molecule has 1 rings (SSSR count). The first-order valence-corrected chi connectivity index (χ1v) is 4.33. The summed E-state index contributed by atoms with van der Waals surface area (Å²) >= 11 is 0. The molecule has 1 aliphatic carbocycles. The Kier molecular flexibility index (Phi) is 3.16. The number of nitrogens with one attached hydrogen (secondary N) is 1. The van der Waals surface area contributed by atoms with Crippen molar-refractivity contribution in [3.8, 4) is 0 Å². The Hall–Kier alpha value is -0.0800. The maximum Gasteiger partial charge on any atom is 0.0219 e. The minimum Gasteiger partial charge on any atom is -0.326 e. The summed E-state index contributed by atoms with van der Waals surface area (Å²) in [6.45, 7) is 3.31. The van der Waals surface area contributed by atoms with Gasteiger partial charge in [0.25, 0.3) is 0 Å². The van der Waals surface area contributed by atoms with Crippen LogP contribution in [0.1, 0.15) is 32.6 Å². The van der Waals surface area contributed by atoms with E-state index in [9.17, 15) is 0 Å². The van der Waals surface area contributed by atoms with E-state index in [1.165, 1.54) is 25.7 Å². The number of rotatable bonds is 3. The Morgan fingerprint density at radius 1 is 1.50 bits per heavy atom.